The Kier molecular flexibility index (Phi) is 3.00. The molecule has 0 spiro atoms. The minimum absolute atomic E-state index is 0.0468. The average Bonchev–Trinajstić information content (AvgIpc) is 2.92. The van der Waals surface area contributed by atoms with Crippen LogP contribution < -0.4 is 10.5 Å². The zero-order valence-corrected chi connectivity index (χ0v) is 10.1. The number of amides is 1. The summed E-state index contributed by atoms with van der Waals surface area (Å²) in [5.41, 5.74) is 0. The lowest BCUT2D eigenvalue weighted by Crippen LogP contribution is -2.23. The number of nitrogens with two attached hydrogens (primary N) is 1. The molecule has 1 amide bonds. The minimum atomic E-state index is -3.62. The van der Waals surface area contributed by atoms with E-state index in [4.69, 9.17) is 5.14 Å². The third-order valence-corrected chi connectivity index (χ3v) is 4.83. The fourth-order valence-corrected chi connectivity index (χ4v) is 2.99. The Labute approximate surface area is 97.7 Å². The highest BCUT2D eigenvalue weighted by Crippen LogP contribution is 2.29. The van der Waals surface area contributed by atoms with Crippen LogP contribution in [0, 0.1) is 5.92 Å². The summed E-state index contributed by atoms with van der Waals surface area (Å²) in [6.07, 6.45) is 1.91. The van der Waals surface area contributed by atoms with Crippen molar-refractivity contribution >= 4 is 27.3 Å². The predicted octanol–water partition coefficient (Wildman–Crippen LogP) is 0.422. The van der Waals surface area contributed by atoms with Crippen molar-refractivity contribution in [3.8, 4) is 0 Å². The molecule has 88 valence electrons. The molecular formula is C9H12N2O3S2. The lowest BCUT2D eigenvalue weighted by molar-refractivity contribution is -0.122. The van der Waals surface area contributed by atoms with Crippen LogP contribution in [0.25, 0.3) is 0 Å². The molecule has 5 nitrogen and oxygen atoms in total. The van der Waals surface area contributed by atoms with E-state index in [-0.39, 0.29) is 16.0 Å². The molecule has 0 aromatic carbocycles. The predicted molar refractivity (Wildman–Crippen MR) is 60.3 cm³/mol. The van der Waals surface area contributed by atoms with E-state index in [0.29, 0.717) is 6.54 Å². The first-order valence-electron chi connectivity index (χ1n) is 4.86. The van der Waals surface area contributed by atoms with Crippen LogP contribution in [0.15, 0.2) is 16.3 Å². The van der Waals surface area contributed by atoms with Crippen molar-refractivity contribution in [1.29, 1.82) is 0 Å². The standard InChI is InChI=1S/C9H12N2O3S2/c10-16(13,14)8-4-3-7(15-8)5-11-9(12)6-1-2-6/h3-4,6H,1-2,5H2,(H,11,12)(H2,10,13,14). The van der Waals surface area contributed by atoms with Crippen molar-refractivity contribution in [1.82, 2.24) is 5.32 Å². The molecule has 1 aliphatic rings. The van der Waals surface area contributed by atoms with E-state index in [1.807, 2.05) is 0 Å². The Morgan fingerprint density at radius 3 is 2.69 bits per heavy atom. The number of carbonyl (C=O) groups excluding carboxylic acids is 1. The molecule has 0 saturated heterocycles. The Morgan fingerprint density at radius 2 is 2.19 bits per heavy atom. The van der Waals surface area contributed by atoms with Crippen molar-refractivity contribution < 1.29 is 13.2 Å². The summed E-state index contributed by atoms with van der Waals surface area (Å²) in [4.78, 5) is 12.1. The summed E-state index contributed by atoms with van der Waals surface area (Å²) in [5, 5.41) is 7.74. The lowest BCUT2D eigenvalue weighted by atomic mass is 10.4. The molecule has 1 fully saturated rings. The average molecular weight is 260 g/mol. The summed E-state index contributed by atoms with van der Waals surface area (Å²) in [6, 6.07) is 3.12. The molecule has 2 rings (SSSR count). The van der Waals surface area contributed by atoms with Crippen LogP contribution in [-0.4, -0.2) is 14.3 Å². The summed E-state index contributed by atoms with van der Waals surface area (Å²) in [5.74, 6) is 0.211. The molecule has 0 aliphatic heterocycles. The van der Waals surface area contributed by atoms with Crippen LogP contribution in [0.5, 0.6) is 0 Å². The third kappa shape index (κ3) is 2.81. The molecule has 1 aromatic heterocycles. The van der Waals surface area contributed by atoms with Crippen LogP contribution in [0.1, 0.15) is 17.7 Å². The van der Waals surface area contributed by atoms with E-state index in [2.05, 4.69) is 5.32 Å². The second kappa shape index (κ2) is 4.15. The van der Waals surface area contributed by atoms with Gasteiger partial charge in [-0.2, -0.15) is 0 Å². The van der Waals surface area contributed by atoms with Crippen molar-refractivity contribution in [3.05, 3.63) is 17.0 Å². The van der Waals surface area contributed by atoms with Gasteiger partial charge in [0.2, 0.25) is 15.9 Å². The highest BCUT2D eigenvalue weighted by molar-refractivity contribution is 7.91. The number of primary sulfonamides is 1. The van der Waals surface area contributed by atoms with Gasteiger partial charge in [0, 0.05) is 10.8 Å². The van der Waals surface area contributed by atoms with Gasteiger partial charge in [0.15, 0.2) is 0 Å². The van der Waals surface area contributed by atoms with E-state index in [1.54, 1.807) is 6.07 Å². The molecule has 0 bridgehead atoms. The van der Waals surface area contributed by atoms with Crippen molar-refractivity contribution in [2.75, 3.05) is 0 Å². The molecular weight excluding hydrogens is 248 g/mol. The van der Waals surface area contributed by atoms with Gasteiger partial charge in [0.1, 0.15) is 4.21 Å². The fourth-order valence-electron chi connectivity index (χ4n) is 1.27. The molecule has 1 heterocycles. The van der Waals surface area contributed by atoms with Crippen LogP contribution in [0.4, 0.5) is 0 Å². The van der Waals surface area contributed by atoms with Crippen LogP contribution in [0.3, 0.4) is 0 Å². The highest BCUT2D eigenvalue weighted by Gasteiger charge is 2.29. The largest absolute Gasteiger partial charge is 0.351 e. The Balaban J connectivity index is 1.95. The molecule has 16 heavy (non-hydrogen) atoms. The minimum Gasteiger partial charge on any atom is -0.351 e. The number of thiophene rings is 1. The first kappa shape index (κ1) is 11.6. The van der Waals surface area contributed by atoms with Crippen LogP contribution in [0.2, 0.25) is 0 Å². The van der Waals surface area contributed by atoms with Crippen molar-refractivity contribution in [3.63, 3.8) is 0 Å². The first-order chi connectivity index (χ1) is 7.47. The summed E-state index contributed by atoms with van der Waals surface area (Å²) < 4.78 is 22.1. The zero-order valence-electron chi connectivity index (χ0n) is 8.47. The summed E-state index contributed by atoms with van der Waals surface area (Å²) in [6.45, 7) is 0.371. The van der Waals surface area contributed by atoms with Gasteiger partial charge in [0.25, 0.3) is 0 Å². The maximum Gasteiger partial charge on any atom is 0.247 e. The first-order valence-corrected chi connectivity index (χ1v) is 7.22. The van der Waals surface area contributed by atoms with E-state index in [9.17, 15) is 13.2 Å². The number of nitrogens with one attached hydrogen (secondary N) is 1. The molecule has 1 saturated carbocycles. The van der Waals surface area contributed by atoms with Crippen LogP contribution >= 0.6 is 11.3 Å². The van der Waals surface area contributed by atoms with Gasteiger partial charge in [-0.3, -0.25) is 4.79 Å². The van der Waals surface area contributed by atoms with Crippen molar-refractivity contribution in [2.45, 2.75) is 23.6 Å². The maximum absolute atomic E-state index is 11.3. The van der Waals surface area contributed by atoms with Gasteiger partial charge >= 0.3 is 0 Å². The number of hydrogen-bond donors (Lipinski definition) is 2. The van der Waals surface area contributed by atoms with Gasteiger partial charge in [0.05, 0.1) is 6.54 Å². The second-order valence-corrected chi connectivity index (χ2v) is 6.71. The Bertz CT molecular complexity index is 503. The molecule has 1 aromatic rings. The van der Waals surface area contributed by atoms with Gasteiger partial charge in [-0.1, -0.05) is 0 Å². The molecule has 7 heteroatoms. The fraction of sp³-hybridized carbons (Fsp3) is 0.444. The second-order valence-electron chi connectivity index (χ2n) is 3.76. The SMILES string of the molecule is NS(=O)(=O)c1ccc(CNC(=O)C2CC2)s1. The summed E-state index contributed by atoms with van der Waals surface area (Å²) in [7, 11) is -3.62. The monoisotopic (exact) mass is 260 g/mol. The van der Waals surface area contributed by atoms with Crippen LogP contribution in [-0.2, 0) is 21.4 Å². The molecule has 3 N–H and O–H groups in total. The van der Waals surface area contributed by atoms with Crippen molar-refractivity contribution in [2.24, 2.45) is 11.1 Å². The quantitative estimate of drug-likeness (QED) is 0.822. The molecule has 1 aliphatic carbocycles. The lowest BCUT2D eigenvalue weighted by Gasteiger charge is -2.00. The van der Waals surface area contributed by atoms with Gasteiger partial charge in [-0.05, 0) is 25.0 Å². The van der Waals surface area contributed by atoms with E-state index in [0.717, 1.165) is 29.1 Å². The zero-order chi connectivity index (χ0) is 11.8. The molecule has 0 radical (unpaired) electrons. The van der Waals surface area contributed by atoms with Gasteiger partial charge in [-0.25, -0.2) is 13.6 Å². The summed E-state index contributed by atoms with van der Waals surface area (Å²) >= 11 is 1.09. The van der Waals surface area contributed by atoms with E-state index in [1.165, 1.54) is 6.07 Å². The van der Waals surface area contributed by atoms with Gasteiger partial charge < -0.3 is 5.32 Å². The topological polar surface area (TPSA) is 89.3 Å². The normalized spacial score (nSPS) is 16.1. The number of hydrogen-bond acceptors (Lipinski definition) is 4. The third-order valence-electron chi connectivity index (χ3n) is 2.30. The number of carbonyl (C=O) groups is 1. The van der Waals surface area contributed by atoms with E-state index >= 15 is 0 Å². The molecule has 0 atom stereocenters. The Hall–Kier alpha value is -0.920. The van der Waals surface area contributed by atoms with Gasteiger partial charge in [-0.15, -0.1) is 11.3 Å². The van der Waals surface area contributed by atoms with E-state index < -0.39 is 10.0 Å². The number of sulfonamides is 1. The molecule has 0 unspecified atom stereocenters. The smallest absolute Gasteiger partial charge is 0.247 e. The Morgan fingerprint density at radius 1 is 1.50 bits per heavy atom. The highest BCUT2D eigenvalue weighted by atomic mass is 32.2. The maximum atomic E-state index is 11.3. The number of rotatable bonds is 4.